The van der Waals surface area contributed by atoms with E-state index in [1.807, 2.05) is 25.9 Å². The van der Waals surface area contributed by atoms with Crippen LogP contribution in [0.4, 0.5) is 10.1 Å². The highest BCUT2D eigenvalue weighted by atomic mass is 35.5. The van der Waals surface area contributed by atoms with E-state index in [9.17, 15) is 17.6 Å². The second-order valence-corrected chi connectivity index (χ2v) is 10.6. The Labute approximate surface area is 198 Å². The molecular weight excluding hydrogens is 465 g/mol. The Hall–Kier alpha value is -2.52. The van der Waals surface area contributed by atoms with Gasteiger partial charge in [0.15, 0.2) is 0 Å². The summed E-state index contributed by atoms with van der Waals surface area (Å²) in [5.74, 6) is -0.982. The highest BCUT2D eigenvalue weighted by Crippen LogP contribution is 2.29. The zero-order valence-corrected chi connectivity index (χ0v) is 20.1. The van der Waals surface area contributed by atoms with E-state index in [1.165, 1.54) is 23.1 Å². The van der Waals surface area contributed by atoms with Crippen LogP contribution in [0.25, 0.3) is 10.8 Å². The van der Waals surface area contributed by atoms with E-state index in [4.69, 9.17) is 11.6 Å². The first-order chi connectivity index (χ1) is 15.6. The van der Waals surface area contributed by atoms with Crippen LogP contribution in [-0.2, 0) is 14.8 Å². The fourth-order valence-corrected chi connectivity index (χ4v) is 5.38. The number of carbonyl (C=O) groups excluding carboxylic acids is 1. The molecule has 0 spiro atoms. The molecule has 0 aromatic heterocycles. The first kappa shape index (κ1) is 23.6. The van der Waals surface area contributed by atoms with Gasteiger partial charge in [-0.2, -0.15) is 4.72 Å². The van der Waals surface area contributed by atoms with Gasteiger partial charge in [0.05, 0.1) is 10.6 Å². The summed E-state index contributed by atoms with van der Waals surface area (Å²) in [7, 11) is -0.142. The molecule has 1 aliphatic heterocycles. The van der Waals surface area contributed by atoms with Gasteiger partial charge >= 0.3 is 0 Å². The topological polar surface area (TPSA) is 69.7 Å². The molecule has 0 saturated carbocycles. The van der Waals surface area contributed by atoms with Crippen molar-refractivity contribution in [3.63, 3.8) is 0 Å². The molecule has 1 saturated heterocycles. The minimum absolute atomic E-state index is 0.0142. The Morgan fingerprint density at radius 3 is 2.48 bits per heavy atom. The molecule has 0 unspecified atom stereocenters. The van der Waals surface area contributed by atoms with Gasteiger partial charge in [-0.3, -0.25) is 4.79 Å². The predicted octanol–water partition coefficient (Wildman–Crippen LogP) is 4.34. The maximum Gasteiger partial charge on any atom is 0.245 e. The minimum Gasteiger partial charge on any atom is -0.308 e. The number of amides is 1. The lowest BCUT2D eigenvalue weighted by molar-refractivity contribution is -0.118. The Balaban J connectivity index is 1.53. The van der Waals surface area contributed by atoms with Gasteiger partial charge < -0.3 is 9.80 Å². The highest BCUT2D eigenvalue weighted by Gasteiger charge is 2.36. The van der Waals surface area contributed by atoms with E-state index in [1.54, 1.807) is 36.4 Å². The van der Waals surface area contributed by atoms with Crippen molar-refractivity contribution in [2.75, 3.05) is 25.5 Å². The van der Waals surface area contributed by atoms with Crippen molar-refractivity contribution >= 4 is 44.0 Å². The van der Waals surface area contributed by atoms with Crippen LogP contribution in [0.15, 0.2) is 59.5 Å². The van der Waals surface area contributed by atoms with Crippen molar-refractivity contribution < 1.29 is 17.6 Å². The number of hydrogen-bond acceptors (Lipinski definition) is 4. The first-order valence-corrected chi connectivity index (χ1v) is 12.4. The Morgan fingerprint density at radius 2 is 1.79 bits per heavy atom. The number of fused-ring (bicyclic) bond motifs is 1. The monoisotopic (exact) mass is 489 g/mol. The van der Waals surface area contributed by atoms with Gasteiger partial charge in [-0.25, -0.2) is 12.8 Å². The van der Waals surface area contributed by atoms with Crippen LogP contribution in [0, 0.1) is 5.82 Å². The molecule has 4 rings (SSSR count). The van der Waals surface area contributed by atoms with Crippen molar-refractivity contribution in [1.82, 2.24) is 9.62 Å². The molecule has 2 atom stereocenters. The molecule has 0 aliphatic carbocycles. The third-order valence-electron chi connectivity index (χ3n) is 6.11. The molecule has 174 valence electrons. The van der Waals surface area contributed by atoms with Crippen molar-refractivity contribution in [1.29, 1.82) is 0 Å². The Bertz CT molecular complexity index is 1330. The summed E-state index contributed by atoms with van der Waals surface area (Å²) >= 11 is 5.99. The quantitative estimate of drug-likeness (QED) is 0.559. The van der Waals surface area contributed by atoms with Gasteiger partial charge in [0.2, 0.25) is 15.9 Å². The van der Waals surface area contributed by atoms with Gasteiger partial charge in [0, 0.05) is 17.6 Å². The summed E-state index contributed by atoms with van der Waals surface area (Å²) in [5, 5.41) is 2.09. The summed E-state index contributed by atoms with van der Waals surface area (Å²) in [4.78, 5) is 16.3. The number of carbonyl (C=O) groups is 1. The second-order valence-electron chi connectivity index (χ2n) is 8.46. The molecule has 0 bridgehead atoms. The van der Waals surface area contributed by atoms with Gasteiger partial charge in [0.1, 0.15) is 11.9 Å². The lowest BCUT2D eigenvalue weighted by Crippen LogP contribution is -2.41. The van der Waals surface area contributed by atoms with Crippen molar-refractivity contribution in [3.8, 4) is 0 Å². The molecule has 1 aliphatic rings. The molecule has 1 heterocycles. The van der Waals surface area contributed by atoms with E-state index in [0.29, 0.717) is 5.02 Å². The molecule has 1 fully saturated rings. The summed E-state index contributed by atoms with van der Waals surface area (Å²) in [5.41, 5.74) is 0.946. The largest absolute Gasteiger partial charge is 0.308 e. The molecular formula is C24H25ClFN3O3S. The lowest BCUT2D eigenvalue weighted by atomic mass is 10.1. The normalized spacial score (nSPS) is 17.8. The Kier molecular flexibility index (Phi) is 6.46. The van der Waals surface area contributed by atoms with Crippen LogP contribution in [-0.4, -0.2) is 45.9 Å². The molecule has 33 heavy (non-hydrogen) atoms. The second kappa shape index (κ2) is 9.02. The van der Waals surface area contributed by atoms with Crippen LogP contribution >= 0.6 is 11.6 Å². The number of nitrogens with zero attached hydrogens (tertiary/aromatic N) is 2. The molecule has 3 aromatic carbocycles. The average Bonchev–Trinajstić information content (AvgIpc) is 3.11. The van der Waals surface area contributed by atoms with Crippen molar-refractivity contribution in [2.24, 2.45) is 0 Å². The smallest absolute Gasteiger partial charge is 0.245 e. The standard InChI is InChI=1S/C24H25ClFN3O3S/c1-15(28(2)3)16-6-9-23(21(26)14-16)29-11-10-22(24(29)30)27-33(31,32)20-8-5-17-12-19(25)7-4-18(17)13-20/h4-9,12-15,22,27H,10-11H2,1-3H3/t15-,22+/m1/s1. The molecule has 1 N–H and O–H groups in total. The number of anilines is 1. The third kappa shape index (κ3) is 4.75. The maximum absolute atomic E-state index is 14.8. The van der Waals surface area contributed by atoms with Crippen LogP contribution in [0.1, 0.15) is 24.9 Å². The number of nitrogens with one attached hydrogen (secondary N) is 1. The molecule has 0 radical (unpaired) electrons. The van der Waals surface area contributed by atoms with Gasteiger partial charge in [-0.05, 0) is 80.2 Å². The average molecular weight is 490 g/mol. The summed E-state index contributed by atoms with van der Waals surface area (Å²) in [6, 6.07) is 13.7. The van der Waals surface area contributed by atoms with Gasteiger partial charge in [-0.1, -0.05) is 29.8 Å². The molecule has 6 nitrogen and oxygen atoms in total. The Morgan fingerprint density at radius 1 is 1.09 bits per heavy atom. The molecule has 9 heteroatoms. The lowest BCUT2D eigenvalue weighted by Gasteiger charge is -2.22. The first-order valence-electron chi connectivity index (χ1n) is 10.6. The van der Waals surface area contributed by atoms with Crippen molar-refractivity contribution in [2.45, 2.75) is 30.3 Å². The number of sulfonamides is 1. The molecule has 3 aromatic rings. The summed E-state index contributed by atoms with van der Waals surface area (Å²) in [6.45, 7) is 2.18. The number of benzene rings is 3. The predicted molar refractivity (Wildman–Crippen MR) is 129 cm³/mol. The zero-order valence-electron chi connectivity index (χ0n) is 18.5. The van der Waals surface area contributed by atoms with E-state index >= 15 is 0 Å². The zero-order chi connectivity index (χ0) is 23.9. The van der Waals surface area contributed by atoms with Crippen molar-refractivity contribution in [3.05, 3.63) is 71.0 Å². The van der Waals surface area contributed by atoms with Crippen LogP contribution < -0.4 is 9.62 Å². The van der Waals surface area contributed by atoms with E-state index in [2.05, 4.69) is 4.72 Å². The minimum atomic E-state index is -3.95. The molecule has 1 amide bonds. The summed E-state index contributed by atoms with van der Waals surface area (Å²) < 4.78 is 43.2. The maximum atomic E-state index is 14.8. The number of hydrogen-bond donors (Lipinski definition) is 1. The SMILES string of the molecule is C[C@H](c1ccc(N2CC[C@H](NS(=O)(=O)c3ccc4cc(Cl)ccc4c3)C2=O)c(F)c1)N(C)C. The van der Waals surface area contributed by atoms with Gasteiger partial charge in [-0.15, -0.1) is 0 Å². The van der Waals surface area contributed by atoms with E-state index < -0.39 is 27.8 Å². The number of rotatable bonds is 6. The van der Waals surface area contributed by atoms with Crippen LogP contribution in [0.3, 0.4) is 0 Å². The van der Waals surface area contributed by atoms with Gasteiger partial charge in [0.25, 0.3) is 0 Å². The van der Waals surface area contributed by atoms with E-state index in [-0.39, 0.29) is 29.6 Å². The number of halogens is 2. The third-order valence-corrected chi connectivity index (χ3v) is 7.81. The fraction of sp³-hybridized carbons (Fsp3) is 0.292. The van der Waals surface area contributed by atoms with Crippen LogP contribution in [0.2, 0.25) is 5.02 Å². The van der Waals surface area contributed by atoms with Crippen LogP contribution in [0.5, 0.6) is 0 Å². The van der Waals surface area contributed by atoms with E-state index in [0.717, 1.165) is 16.3 Å². The summed E-state index contributed by atoms with van der Waals surface area (Å²) in [6.07, 6.45) is 0.247. The fourth-order valence-electron chi connectivity index (χ4n) is 3.95. The highest BCUT2D eigenvalue weighted by molar-refractivity contribution is 7.89.